The minimum absolute atomic E-state index is 0.241. The van der Waals surface area contributed by atoms with Gasteiger partial charge in [0.15, 0.2) is 0 Å². The topological polar surface area (TPSA) is 76.1 Å². The maximum absolute atomic E-state index is 12.1. The van der Waals surface area contributed by atoms with Gasteiger partial charge in [-0.15, -0.1) is 0 Å². The molecular weight excluding hydrogens is 250 g/mol. The van der Waals surface area contributed by atoms with Crippen LogP contribution in [0.25, 0.3) is 0 Å². The number of amides is 1. The number of morpholine rings is 1. The molecule has 6 nitrogen and oxygen atoms in total. The van der Waals surface area contributed by atoms with Crippen LogP contribution in [0.3, 0.4) is 0 Å². The Balaban J connectivity index is 2.67. The van der Waals surface area contributed by atoms with Crippen molar-refractivity contribution in [2.24, 2.45) is 5.92 Å². The fourth-order valence-corrected chi connectivity index (χ4v) is 1.92. The van der Waals surface area contributed by atoms with Gasteiger partial charge >= 0.3 is 12.1 Å². The first-order valence-corrected chi connectivity index (χ1v) is 6.51. The molecule has 1 aliphatic rings. The molecule has 110 valence electrons. The van der Waals surface area contributed by atoms with E-state index in [4.69, 9.17) is 14.6 Å². The van der Waals surface area contributed by atoms with Crippen LogP contribution in [0.5, 0.6) is 0 Å². The summed E-state index contributed by atoms with van der Waals surface area (Å²) in [5, 5.41) is 8.95. The van der Waals surface area contributed by atoms with Gasteiger partial charge in [0.2, 0.25) is 0 Å². The zero-order chi connectivity index (χ0) is 14.6. The summed E-state index contributed by atoms with van der Waals surface area (Å²) in [7, 11) is 0. The van der Waals surface area contributed by atoms with E-state index < -0.39 is 23.6 Å². The van der Waals surface area contributed by atoms with Gasteiger partial charge in [-0.1, -0.05) is 6.92 Å². The van der Waals surface area contributed by atoms with Crippen LogP contribution >= 0.6 is 0 Å². The van der Waals surface area contributed by atoms with Crippen molar-refractivity contribution in [1.29, 1.82) is 0 Å². The number of hydrogen-bond acceptors (Lipinski definition) is 4. The average Bonchev–Trinajstić information content (AvgIpc) is 2.27. The Morgan fingerprint density at radius 1 is 1.47 bits per heavy atom. The van der Waals surface area contributed by atoms with E-state index in [9.17, 15) is 9.59 Å². The lowest BCUT2D eigenvalue weighted by atomic mass is 10.0. The summed E-state index contributed by atoms with van der Waals surface area (Å²) in [4.78, 5) is 24.6. The van der Waals surface area contributed by atoms with Crippen molar-refractivity contribution in [2.75, 3.05) is 19.8 Å². The van der Waals surface area contributed by atoms with Crippen LogP contribution in [0.2, 0.25) is 0 Å². The van der Waals surface area contributed by atoms with Crippen molar-refractivity contribution < 1.29 is 24.2 Å². The second-order valence-corrected chi connectivity index (χ2v) is 5.88. The molecule has 0 aromatic heterocycles. The summed E-state index contributed by atoms with van der Waals surface area (Å²) < 4.78 is 10.7. The third-order valence-corrected chi connectivity index (χ3v) is 2.90. The summed E-state index contributed by atoms with van der Waals surface area (Å²) in [6, 6.07) is -0.241. The van der Waals surface area contributed by atoms with E-state index in [2.05, 4.69) is 0 Å². The van der Waals surface area contributed by atoms with Crippen molar-refractivity contribution >= 4 is 12.1 Å². The van der Waals surface area contributed by atoms with Crippen LogP contribution in [-0.4, -0.2) is 53.5 Å². The molecule has 0 aliphatic carbocycles. The molecule has 19 heavy (non-hydrogen) atoms. The maximum atomic E-state index is 12.1. The molecule has 1 saturated heterocycles. The van der Waals surface area contributed by atoms with Crippen molar-refractivity contribution in [3.8, 4) is 0 Å². The summed E-state index contributed by atoms with van der Waals surface area (Å²) in [6.07, 6.45) is -0.0347. The normalized spacial score (nSPS) is 21.9. The van der Waals surface area contributed by atoms with E-state index in [0.29, 0.717) is 26.2 Å². The lowest BCUT2D eigenvalue weighted by Gasteiger charge is -2.37. The Hall–Kier alpha value is -1.30. The number of aliphatic carboxylic acids is 1. The van der Waals surface area contributed by atoms with Crippen LogP contribution in [0, 0.1) is 5.92 Å². The van der Waals surface area contributed by atoms with E-state index >= 15 is 0 Å². The van der Waals surface area contributed by atoms with Gasteiger partial charge in [0, 0.05) is 6.54 Å². The maximum Gasteiger partial charge on any atom is 0.410 e. The Labute approximate surface area is 113 Å². The van der Waals surface area contributed by atoms with Crippen molar-refractivity contribution in [2.45, 2.75) is 45.8 Å². The van der Waals surface area contributed by atoms with Crippen LogP contribution in [0.4, 0.5) is 4.79 Å². The Kier molecular flexibility index (Phi) is 5.17. The Morgan fingerprint density at radius 3 is 2.63 bits per heavy atom. The quantitative estimate of drug-likeness (QED) is 0.847. The van der Waals surface area contributed by atoms with Gasteiger partial charge in [-0.05, 0) is 27.2 Å². The number of rotatable bonds is 3. The predicted octanol–water partition coefficient (Wildman–Crippen LogP) is 1.73. The Morgan fingerprint density at radius 2 is 2.11 bits per heavy atom. The minimum Gasteiger partial charge on any atom is -0.481 e. The third-order valence-electron chi connectivity index (χ3n) is 2.90. The molecule has 1 N–H and O–H groups in total. The molecular formula is C13H23NO5. The lowest BCUT2D eigenvalue weighted by Crippen LogP contribution is -2.51. The largest absolute Gasteiger partial charge is 0.481 e. The fraction of sp³-hybridized carbons (Fsp3) is 0.846. The van der Waals surface area contributed by atoms with Gasteiger partial charge in [0.05, 0.1) is 25.2 Å². The molecule has 1 heterocycles. The fourth-order valence-electron chi connectivity index (χ4n) is 1.92. The SMILES string of the molecule is CC(CC1COCCN1C(=O)OC(C)(C)C)C(=O)O. The molecule has 1 aliphatic heterocycles. The van der Waals surface area contributed by atoms with Gasteiger partial charge in [0.1, 0.15) is 5.60 Å². The number of nitrogens with zero attached hydrogens (tertiary/aromatic N) is 1. The monoisotopic (exact) mass is 273 g/mol. The first kappa shape index (κ1) is 15.8. The number of carbonyl (C=O) groups is 2. The standard InChI is InChI=1S/C13H23NO5/c1-9(11(15)16)7-10-8-18-6-5-14(10)12(17)19-13(2,3)4/h9-10H,5-8H2,1-4H3,(H,15,16). The first-order chi connectivity index (χ1) is 8.70. The van der Waals surface area contributed by atoms with Gasteiger partial charge in [-0.2, -0.15) is 0 Å². The number of carboxylic acids is 1. The molecule has 6 heteroatoms. The van der Waals surface area contributed by atoms with Gasteiger partial charge in [-0.25, -0.2) is 4.79 Å². The van der Waals surface area contributed by atoms with Crippen LogP contribution < -0.4 is 0 Å². The smallest absolute Gasteiger partial charge is 0.410 e. The third kappa shape index (κ3) is 5.06. The van der Waals surface area contributed by atoms with Crippen molar-refractivity contribution in [3.05, 3.63) is 0 Å². The molecule has 0 aromatic rings. The highest BCUT2D eigenvalue weighted by Crippen LogP contribution is 2.19. The van der Waals surface area contributed by atoms with Gasteiger partial charge < -0.3 is 19.5 Å². The molecule has 2 atom stereocenters. The molecule has 0 radical (unpaired) electrons. The molecule has 0 aromatic carbocycles. The van der Waals surface area contributed by atoms with E-state index in [-0.39, 0.29) is 6.04 Å². The second-order valence-electron chi connectivity index (χ2n) is 5.88. The minimum atomic E-state index is -0.866. The van der Waals surface area contributed by atoms with E-state index in [1.165, 1.54) is 0 Å². The molecule has 1 rings (SSSR count). The molecule has 0 saturated carbocycles. The molecule has 0 bridgehead atoms. The number of carboxylic acid groups (broad SMARTS) is 1. The van der Waals surface area contributed by atoms with Crippen LogP contribution in [0.1, 0.15) is 34.1 Å². The highest BCUT2D eigenvalue weighted by Gasteiger charge is 2.32. The van der Waals surface area contributed by atoms with Gasteiger partial charge in [-0.3, -0.25) is 4.79 Å². The van der Waals surface area contributed by atoms with E-state index in [1.54, 1.807) is 32.6 Å². The van der Waals surface area contributed by atoms with E-state index in [1.807, 2.05) is 0 Å². The number of hydrogen-bond donors (Lipinski definition) is 1. The molecule has 2 unspecified atom stereocenters. The zero-order valence-electron chi connectivity index (χ0n) is 12.0. The lowest BCUT2D eigenvalue weighted by molar-refractivity contribution is -0.142. The number of ether oxygens (including phenoxy) is 2. The van der Waals surface area contributed by atoms with Gasteiger partial charge in [0.25, 0.3) is 0 Å². The van der Waals surface area contributed by atoms with Crippen LogP contribution in [-0.2, 0) is 14.3 Å². The zero-order valence-corrected chi connectivity index (χ0v) is 12.0. The Bertz CT molecular complexity index is 336. The average molecular weight is 273 g/mol. The number of carbonyl (C=O) groups excluding carboxylic acids is 1. The second kappa shape index (κ2) is 6.23. The van der Waals surface area contributed by atoms with Crippen LogP contribution in [0.15, 0.2) is 0 Å². The molecule has 1 amide bonds. The summed E-state index contributed by atoms with van der Waals surface area (Å²) >= 11 is 0. The highest BCUT2D eigenvalue weighted by atomic mass is 16.6. The first-order valence-electron chi connectivity index (χ1n) is 6.51. The molecule has 0 spiro atoms. The molecule has 1 fully saturated rings. The van der Waals surface area contributed by atoms with E-state index in [0.717, 1.165) is 0 Å². The van der Waals surface area contributed by atoms with Crippen molar-refractivity contribution in [1.82, 2.24) is 4.90 Å². The summed E-state index contributed by atoms with van der Waals surface area (Å²) in [5.74, 6) is -1.38. The highest BCUT2D eigenvalue weighted by molar-refractivity contribution is 5.70. The summed E-state index contributed by atoms with van der Waals surface area (Å²) in [5.41, 5.74) is -0.557. The predicted molar refractivity (Wildman–Crippen MR) is 69.0 cm³/mol. The summed E-state index contributed by atoms with van der Waals surface area (Å²) in [6.45, 7) is 8.30. The van der Waals surface area contributed by atoms with Crippen molar-refractivity contribution in [3.63, 3.8) is 0 Å².